The minimum atomic E-state index is 0.141. The van der Waals surface area contributed by atoms with Crippen molar-refractivity contribution in [2.75, 3.05) is 20.3 Å². The van der Waals surface area contributed by atoms with Crippen molar-refractivity contribution in [2.45, 2.75) is 13.5 Å². The van der Waals surface area contributed by atoms with E-state index in [9.17, 15) is 0 Å². The summed E-state index contributed by atoms with van der Waals surface area (Å²) in [6, 6.07) is 0. The van der Waals surface area contributed by atoms with Crippen LogP contribution >= 0.6 is 0 Å². The van der Waals surface area contributed by atoms with E-state index in [1.54, 1.807) is 11.8 Å². The molecule has 0 unspecified atom stereocenters. The first-order valence-electron chi connectivity index (χ1n) is 4.58. The van der Waals surface area contributed by atoms with Crippen LogP contribution in [-0.2, 0) is 13.6 Å². The quantitative estimate of drug-likeness (QED) is 0.646. The topological polar surface area (TPSA) is 59.3 Å². The van der Waals surface area contributed by atoms with Crippen molar-refractivity contribution in [3.63, 3.8) is 0 Å². The van der Waals surface area contributed by atoms with Crippen molar-refractivity contribution in [3.8, 4) is 5.88 Å². The average Bonchev–Trinajstić information content (AvgIpc) is 2.42. The number of nitrogens with zero attached hydrogens (tertiary/aromatic N) is 2. The molecule has 1 aromatic rings. The van der Waals surface area contributed by atoms with Gasteiger partial charge < -0.3 is 15.2 Å². The summed E-state index contributed by atoms with van der Waals surface area (Å²) in [4.78, 5) is 0. The maximum Gasteiger partial charge on any atom is 0.216 e. The van der Waals surface area contributed by atoms with E-state index in [1.807, 2.05) is 14.0 Å². The third-order valence-electron chi connectivity index (χ3n) is 2.07. The highest BCUT2D eigenvalue weighted by Gasteiger charge is 2.12. The van der Waals surface area contributed by atoms with Crippen LogP contribution in [0, 0.1) is 6.92 Å². The molecule has 14 heavy (non-hydrogen) atoms. The first kappa shape index (κ1) is 11.0. The Morgan fingerprint density at radius 2 is 2.29 bits per heavy atom. The highest BCUT2D eigenvalue weighted by atomic mass is 16.5. The van der Waals surface area contributed by atoms with E-state index in [2.05, 4.69) is 10.4 Å². The summed E-state index contributed by atoms with van der Waals surface area (Å²) in [7, 11) is 3.48. The van der Waals surface area contributed by atoms with E-state index in [4.69, 9.17) is 9.84 Å². The predicted octanol–water partition coefficient (Wildman–Crippen LogP) is -0.181. The van der Waals surface area contributed by atoms with E-state index in [0.717, 1.165) is 17.1 Å². The maximum atomic E-state index is 8.63. The van der Waals surface area contributed by atoms with Crippen molar-refractivity contribution in [1.82, 2.24) is 15.1 Å². The zero-order valence-electron chi connectivity index (χ0n) is 8.87. The van der Waals surface area contributed by atoms with Gasteiger partial charge in [0.2, 0.25) is 5.88 Å². The summed E-state index contributed by atoms with van der Waals surface area (Å²) in [5.41, 5.74) is 2.00. The van der Waals surface area contributed by atoms with Crippen LogP contribution in [0.4, 0.5) is 0 Å². The van der Waals surface area contributed by atoms with Crippen LogP contribution in [0.25, 0.3) is 0 Å². The lowest BCUT2D eigenvalue weighted by Gasteiger charge is -2.05. The smallest absolute Gasteiger partial charge is 0.216 e. The van der Waals surface area contributed by atoms with Crippen LogP contribution in [0.2, 0.25) is 0 Å². The van der Waals surface area contributed by atoms with Gasteiger partial charge in [0.15, 0.2) is 0 Å². The van der Waals surface area contributed by atoms with Crippen LogP contribution in [0.3, 0.4) is 0 Å². The molecule has 1 aromatic heterocycles. The molecule has 0 fully saturated rings. The highest BCUT2D eigenvalue weighted by Crippen LogP contribution is 2.20. The van der Waals surface area contributed by atoms with E-state index in [1.165, 1.54) is 0 Å². The van der Waals surface area contributed by atoms with E-state index >= 15 is 0 Å². The maximum absolute atomic E-state index is 8.63. The molecular weight excluding hydrogens is 182 g/mol. The number of nitrogens with one attached hydrogen (secondary N) is 1. The molecule has 0 radical (unpaired) electrons. The summed E-state index contributed by atoms with van der Waals surface area (Å²) in [6.45, 7) is 3.33. The van der Waals surface area contributed by atoms with Crippen LogP contribution in [0.5, 0.6) is 5.88 Å². The Hall–Kier alpha value is -1.07. The third kappa shape index (κ3) is 2.24. The molecule has 0 atom stereocenters. The molecule has 0 aromatic carbocycles. The molecular formula is C9H17N3O2. The Morgan fingerprint density at radius 1 is 1.57 bits per heavy atom. The monoisotopic (exact) mass is 199 g/mol. The Morgan fingerprint density at radius 3 is 2.86 bits per heavy atom. The fourth-order valence-corrected chi connectivity index (χ4v) is 1.43. The fraction of sp³-hybridized carbons (Fsp3) is 0.667. The second-order valence-corrected chi connectivity index (χ2v) is 3.10. The summed E-state index contributed by atoms with van der Waals surface area (Å²) in [5, 5.41) is 16.0. The number of aliphatic hydroxyl groups excluding tert-OH is 1. The van der Waals surface area contributed by atoms with Gasteiger partial charge in [-0.25, -0.2) is 4.68 Å². The molecule has 0 saturated carbocycles. The second-order valence-electron chi connectivity index (χ2n) is 3.10. The Balaban J connectivity index is 2.73. The van der Waals surface area contributed by atoms with Gasteiger partial charge in [0, 0.05) is 20.1 Å². The minimum absolute atomic E-state index is 0.141. The van der Waals surface area contributed by atoms with Gasteiger partial charge in [-0.3, -0.25) is 0 Å². The summed E-state index contributed by atoms with van der Waals surface area (Å²) in [6.07, 6.45) is 0. The van der Waals surface area contributed by atoms with Crippen molar-refractivity contribution in [3.05, 3.63) is 11.3 Å². The molecule has 5 nitrogen and oxygen atoms in total. The summed E-state index contributed by atoms with van der Waals surface area (Å²) < 4.78 is 6.94. The molecule has 2 N–H and O–H groups in total. The van der Waals surface area contributed by atoms with Crippen LogP contribution in [-0.4, -0.2) is 35.1 Å². The average molecular weight is 199 g/mol. The molecule has 0 spiro atoms. The number of hydrogen-bond acceptors (Lipinski definition) is 4. The largest absolute Gasteiger partial charge is 0.481 e. The first-order valence-corrected chi connectivity index (χ1v) is 4.58. The van der Waals surface area contributed by atoms with Crippen molar-refractivity contribution >= 4 is 0 Å². The van der Waals surface area contributed by atoms with Crippen LogP contribution < -0.4 is 10.1 Å². The molecule has 0 amide bonds. The zero-order valence-corrected chi connectivity index (χ0v) is 8.87. The van der Waals surface area contributed by atoms with E-state index in [-0.39, 0.29) is 6.61 Å². The van der Waals surface area contributed by atoms with Crippen LogP contribution in [0.15, 0.2) is 0 Å². The van der Waals surface area contributed by atoms with Gasteiger partial charge in [-0.1, -0.05) is 0 Å². The number of methoxy groups -OCH3 is 1. The second kappa shape index (κ2) is 4.97. The van der Waals surface area contributed by atoms with Crippen molar-refractivity contribution in [2.24, 2.45) is 7.05 Å². The minimum Gasteiger partial charge on any atom is -0.481 e. The molecule has 0 saturated heterocycles. The fourth-order valence-electron chi connectivity index (χ4n) is 1.43. The lowest BCUT2D eigenvalue weighted by Crippen LogP contribution is -2.18. The SMILES string of the molecule is COc1c(CNCCO)c(C)nn1C. The Labute approximate surface area is 83.7 Å². The van der Waals surface area contributed by atoms with E-state index < -0.39 is 0 Å². The molecule has 1 heterocycles. The van der Waals surface area contributed by atoms with Gasteiger partial charge in [0.1, 0.15) is 0 Å². The molecule has 0 aliphatic heterocycles. The highest BCUT2D eigenvalue weighted by molar-refractivity contribution is 5.30. The Bertz CT molecular complexity index is 296. The summed E-state index contributed by atoms with van der Waals surface area (Å²) >= 11 is 0. The number of aliphatic hydroxyl groups is 1. The lowest BCUT2D eigenvalue weighted by atomic mass is 10.2. The molecule has 0 aliphatic rings. The first-order chi connectivity index (χ1) is 6.70. The standard InChI is InChI=1S/C9H17N3O2/c1-7-8(6-10-4-5-13)9(14-3)12(2)11-7/h10,13H,4-6H2,1-3H3. The molecule has 0 bridgehead atoms. The predicted molar refractivity (Wildman–Crippen MR) is 53.3 cm³/mol. The third-order valence-corrected chi connectivity index (χ3v) is 2.07. The molecule has 80 valence electrons. The lowest BCUT2D eigenvalue weighted by molar-refractivity contribution is 0.291. The summed E-state index contributed by atoms with van der Waals surface area (Å²) in [5.74, 6) is 0.771. The van der Waals surface area contributed by atoms with Crippen molar-refractivity contribution < 1.29 is 9.84 Å². The van der Waals surface area contributed by atoms with Gasteiger partial charge in [-0.2, -0.15) is 5.10 Å². The van der Waals surface area contributed by atoms with Crippen molar-refractivity contribution in [1.29, 1.82) is 0 Å². The van der Waals surface area contributed by atoms with Gasteiger partial charge in [-0.05, 0) is 6.92 Å². The van der Waals surface area contributed by atoms with Gasteiger partial charge in [0.05, 0.1) is 25.0 Å². The zero-order chi connectivity index (χ0) is 10.6. The normalized spacial score (nSPS) is 10.6. The number of aryl methyl sites for hydroxylation is 2. The van der Waals surface area contributed by atoms with E-state index in [0.29, 0.717) is 13.1 Å². The number of aromatic nitrogens is 2. The van der Waals surface area contributed by atoms with Gasteiger partial charge in [-0.15, -0.1) is 0 Å². The van der Waals surface area contributed by atoms with Gasteiger partial charge >= 0.3 is 0 Å². The number of rotatable bonds is 5. The van der Waals surface area contributed by atoms with Crippen LogP contribution in [0.1, 0.15) is 11.3 Å². The van der Waals surface area contributed by atoms with Gasteiger partial charge in [0.25, 0.3) is 0 Å². The number of ether oxygens (including phenoxy) is 1. The molecule has 5 heteroatoms. The molecule has 0 aliphatic carbocycles. The Kier molecular flexibility index (Phi) is 3.91. The molecule has 1 rings (SSSR count). The number of hydrogen-bond donors (Lipinski definition) is 2.